The number of aliphatic imine (C=N–C) groups is 1. The van der Waals surface area contributed by atoms with Gasteiger partial charge in [-0.3, -0.25) is 9.89 Å². The van der Waals surface area contributed by atoms with Crippen LogP contribution in [0.5, 0.6) is 5.75 Å². The summed E-state index contributed by atoms with van der Waals surface area (Å²) in [5.74, 6) is 1.53. The van der Waals surface area contributed by atoms with Crippen molar-refractivity contribution in [2.75, 3.05) is 33.8 Å². The van der Waals surface area contributed by atoms with Crippen LogP contribution in [0.15, 0.2) is 29.3 Å². The second-order valence-corrected chi connectivity index (χ2v) is 6.05. The summed E-state index contributed by atoms with van der Waals surface area (Å²) >= 11 is 0. The lowest BCUT2D eigenvalue weighted by atomic mass is 10.0. The highest BCUT2D eigenvalue weighted by Crippen LogP contribution is 2.26. The fraction of sp³-hybridized carbons (Fsp3) is 0.611. The van der Waals surface area contributed by atoms with Crippen molar-refractivity contribution in [2.24, 2.45) is 10.7 Å². The third kappa shape index (κ3) is 5.51. The molecule has 0 amide bonds. The van der Waals surface area contributed by atoms with Crippen LogP contribution in [0, 0.1) is 0 Å². The number of rotatable bonds is 8. The molecule has 6 heteroatoms. The first kappa shape index (κ1) is 21.0. The number of guanidine groups is 1. The SMILES string of the molecule is CCN(CC)C(CN=C(N)N(C)C1CC1)c1cccc(OC)c1.I. The summed E-state index contributed by atoms with van der Waals surface area (Å²) in [7, 11) is 3.74. The summed E-state index contributed by atoms with van der Waals surface area (Å²) in [6.07, 6.45) is 2.45. The Morgan fingerprint density at radius 1 is 1.33 bits per heavy atom. The lowest BCUT2D eigenvalue weighted by molar-refractivity contribution is 0.223. The first-order chi connectivity index (χ1) is 11.1. The van der Waals surface area contributed by atoms with Gasteiger partial charge in [-0.2, -0.15) is 0 Å². The standard InChI is InChI=1S/C18H30N4O.HI/c1-5-22(6-2)17(14-8-7-9-16(12-14)23-4)13-20-18(19)21(3)15-10-11-15;/h7-9,12,15,17H,5-6,10-11,13H2,1-4H3,(H2,19,20);1H. The minimum Gasteiger partial charge on any atom is -0.497 e. The number of benzene rings is 1. The number of methoxy groups -OCH3 is 1. The number of halogens is 1. The van der Waals surface area contributed by atoms with Crippen molar-refractivity contribution in [2.45, 2.75) is 38.8 Å². The number of ether oxygens (including phenoxy) is 1. The van der Waals surface area contributed by atoms with E-state index in [1.54, 1.807) is 7.11 Å². The predicted molar refractivity (Wildman–Crippen MR) is 111 cm³/mol. The molecule has 136 valence electrons. The van der Waals surface area contributed by atoms with E-state index in [1.165, 1.54) is 18.4 Å². The highest BCUT2D eigenvalue weighted by Gasteiger charge is 2.27. The van der Waals surface area contributed by atoms with Crippen molar-refractivity contribution in [3.8, 4) is 5.75 Å². The molecule has 0 spiro atoms. The summed E-state index contributed by atoms with van der Waals surface area (Å²) in [6, 6.07) is 9.05. The van der Waals surface area contributed by atoms with E-state index in [1.807, 2.05) is 19.2 Å². The van der Waals surface area contributed by atoms with Gasteiger partial charge in [-0.05, 0) is 43.6 Å². The van der Waals surface area contributed by atoms with Crippen LogP contribution in [0.1, 0.15) is 38.3 Å². The van der Waals surface area contributed by atoms with Crippen molar-refractivity contribution in [3.63, 3.8) is 0 Å². The topological polar surface area (TPSA) is 54.1 Å². The zero-order valence-electron chi connectivity index (χ0n) is 15.2. The van der Waals surface area contributed by atoms with Gasteiger partial charge in [0.1, 0.15) is 5.75 Å². The van der Waals surface area contributed by atoms with Gasteiger partial charge in [-0.25, -0.2) is 0 Å². The molecule has 5 nitrogen and oxygen atoms in total. The summed E-state index contributed by atoms with van der Waals surface area (Å²) in [4.78, 5) is 9.18. The molecule has 1 fully saturated rings. The smallest absolute Gasteiger partial charge is 0.191 e. The van der Waals surface area contributed by atoms with Gasteiger partial charge >= 0.3 is 0 Å². The zero-order valence-corrected chi connectivity index (χ0v) is 17.6. The summed E-state index contributed by atoms with van der Waals surface area (Å²) in [5, 5.41) is 0. The van der Waals surface area contributed by atoms with Gasteiger partial charge in [-0.15, -0.1) is 24.0 Å². The molecule has 2 rings (SSSR count). The molecule has 24 heavy (non-hydrogen) atoms. The Kier molecular flexibility index (Phi) is 8.83. The molecule has 0 aromatic heterocycles. The van der Waals surface area contributed by atoms with Crippen LogP contribution in [-0.2, 0) is 0 Å². The largest absolute Gasteiger partial charge is 0.497 e. The van der Waals surface area contributed by atoms with E-state index < -0.39 is 0 Å². The third-order valence-corrected chi connectivity index (χ3v) is 4.61. The van der Waals surface area contributed by atoms with E-state index in [0.717, 1.165) is 18.8 Å². The maximum atomic E-state index is 6.16. The maximum absolute atomic E-state index is 6.16. The van der Waals surface area contributed by atoms with Gasteiger partial charge in [0.15, 0.2) is 5.96 Å². The van der Waals surface area contributed by atoms with Gasteiger partial charge < -0.3 is 15.4 Å². The second kappa shape index (κ2) is 10.1. The van der Waals surface area contributed by atoms with E-state index >= 15 is 0 Å². The van der Waals surface area contributed by atoms with Crippen LogP contribution < -0.4 is 10.5 Å². The van der Waals surface area contributed by atoms with E-state index in [4.69, 9.17) is 10.5 Å². The molecule has 2 N–H and O–H groups in total. The zero-order chi connectivity index (χ0) is 16.8. The molecule has 1 saturated carbocycles. The fourth-order valence-electron chi connectivity index (χ4n) is 2.89. The number of nitrogens with zero attached hydrogens (tertiary/aromatic N) is 3. The molecule has 1 aromatic carbocycles. The molecule has 0 radical (unpaired) electrons. The first-order valence-corrected chi connectivity index (χ1v) is 8.51. The van der Waals surface area contributed by atoms with Crippen LogP contribution in [0.25, 0.3) is 0 Å². The summed E-state index contributed by atoms with van der Waals surface area (Å²) in [5.41, 5.74) is 7.38. The summed E-state index contributed by atoms with van der Waals surface area (Å²) < 4.78 is 5.37. The number of hydrogen-bond acceptors (Lipinski definition) is 3. The molecular formula is C18H31IN4O. The highest BCUT2D eigenvalue weighted by molar-refractivity contribution is 14.0. The van der Waals surface area contributed by atoms with Crippen LogP contribution in [0.4, 0.5) is 0 Å². The number of likely N-dealkylation sites (N-methyl/N-ethyl adjacent to an activating group) is 1. The number of nitrogens with two attached hydrogens (primary N) is 1. The van der Waals surface area contributed by atoms with Crippen LogP contribution in [-0.4, -0.2) is 55.6 Å². The Hall–Kier alpha value is -1.02. The Balaban J connectivity index is 0.00000288. The van der Waals surface area contributed by atoms with Gasteiger partial charge in [-0.1, -0.05) is 26.0 Å². The molecular weight excluding hydrogens is 415 g/mol. The average Bonchev–Trinajstić information content (AvgIpc) is 3.42. The quantitative estimate of drug-likeness (QED) is 0.379. The third-order valence-electron chi connectivity index (χ3n) is 4.61. The molecule has 0 saturated heterocycles. The maximum Gasteiger partial charge on any atom is 0.191 e. The fourth-order valence-corrected chi connectivity index (χ4v) is 2.89. The van der Waals surface area contributed by atoms with Gasteiger partial charge in [0.25, 0.3) is 0 Å². The van der Waals surface area contributed by atoms with E-state index in [-0.39, 0.29) is 30.0 Å². The van der Waals surface area contributed by atoms with E-state index in [2.05, 4.69) is 40.8 Å². The minimum absolute atomic E-state index is 0. The molecule has 0 bridgehead atoms. The monoisotopic (exact) mass is 446 g/mol. The van der Waals surface area contributed by atoms with Crippen LogP contribution in [0.3, 0.4) is 0 Å². The lowest BCUT2D eigenvalue weighted by Crippen LogP contribution is -2.37. The lowest BCUT2D eigenvalue weighted by Gasteiger charge is -2.29. The van der Waals surface area contributed by atoms with Crippen LogP contribution >= 0.6 is 24.0 Å². The van der Waals surface area contributed by atoms with Crippen LogP contribution in [0.2, 0.25) is 0 Å². The van der Waals surface area contributed by atoms with Gasteiger partial charge in [0.05, 0.1) is 19.7 Å². The molecule has 0 aliphatic heterocycles. The van der Waals surface area contributed by atoms with Gasteiger partial charge in [0, 0.05) is 13.1 Å². The Morgan fingerprint density at radius 2 is 2.00 bits per heavy atom. The second-order valence-electron chi connectivity index (χ2n) is 6.05. The van der Waals surface area contributed by atoms with Crippen molar-refractivity contribution >= 4 is 29.9 Å². The average molecular weight is 446 g/mol. The minimum atomic E-state index is 0. The molecule has 1 aliphatic carbocycles. The Bertz CT molecular complexity index is 530. The van der Waals surface area contributed by atoms with Crippen molar-refractivity contribution in [1.29, 1.82) is 0 Å². The number of hydrogen-bond donors (Lipinski definition) is 1. The van der Waals surface area contributed by atoms with Crippen molar-refractivity contribution in [1.82, 2.24) is 9.80 Å². The van der Waals surface area contributed by atoms with E-state index in [0.29, 0.717) is 18.5 Å². The molecule has 1 unspecified atom stereocenters. The van der Waals surface area contributed by atoms with Gasteiger partial charge in [0.2, 0.25) is 0 Å². The highest BCUT2D eigenvalue weighted by atomic mass is 127. The predicted octanol–water partition coefficient (Wildman–Crippen LogP) is 3.11. The summed E-state index contributed by atoms with van der Waals surface area (Å²) in [6.45, 7) is 6.98. The van der Waals surface area contributed by atoms with E-state index in [9.17, 15) is 0 Å². The van der Waals surface area contributed by atoms with Crippen molar-refractivity contribution in [3.05, 3.63) is 29.8 Å². The molecule has 1 atom stereocenters. The molecule has 1 aromatic rings. The Morgan fingerprint density at radius 3 is 2.54 bits per heavy atom. The molecule has 1 aliphatic rings. The normalized spacial score (nSPS) is 15.8. The Labute approximate surface area is 163 Å². The van der Waals surface area contributed by atoms with Crippen molar-refractivity contribution < 1.29 is 4.74 Å². The first-order valence-electron chi connectivity index (χ1n) is 8.51. The molecule has 0 heterocycles.